The third kappa shape index (κ3) is 5.17. The first-order valence-electron chi connectivity index (χ1n) is 8.58. The number of sulfonamides is 1. The fourth-order valence-electron chi connectivity index (χ4n) is 2.25. The van der Waals surface area contributed by atoms with Gasteiger partial charge in [0.2, 0.25) is 21.2 Å². The van der Waals surface area contributed by atoms with E-state index in [9.17, 15) is 18.0 Å². The number of thioether (sulfide) groups is 1. The monoisotopic (exact) mass is 466 g/mol. The van der Waals surface area contributed by atoms with E-state index in [1.54, 1.807) is 0 Å². The molecule has 0 atom stereocenters. The predicted octanol–water partition coefficient (Wildman–Crippen LogP) is 3.17. The quantitative estimate of drug-likeness (QED) is 0.386. The first kappa shape index (κ1) is 22.2. The van der Waals surface area contributed by atoms with Gasteiger partial charge in [-0.05, 0) is 31.2 Å². The van der Waals surface area contributed by atoms with Crippen molar-refractivity contribution in [3.63, 3.8) is 0 Å². The van der Waals surface area contributed by atoms with Crippen molar-refractivity contribution in [2.45, 2.75) is 21.9 Å². The fraction of sp³-hybridized carbons (Fsp3) is 0.211. The summed E-state index contributed by atoms with van der Waals surface area (Å²) in [5, 5.41) is 1.93. The molecule has 0 saturated heterocycles. The highest BCUT2D eigenvalue weighted by Crippen LogP contribution is 2.26. The van der Waals surface area contributed by atoms with Crippen LogP contribution < -0.4 is 10.2 Å². The van der Waals surface area contributed by atoms with E-state index >= 15 is 0 Å². The van der Waals surface area contributed by atoms with E-state index in [1.807, 2.05) is 12.3 Å². The summed E-state index contributed by atoms with van der Waals surface area (Å²) in [6.07, 6.45) is 1.09. The molecule has 1 aromatic carbocycles. The van der Waals surface area contributed by atoms with Crippen LogP contribution in [0, 0.1) is 6.92 Å². The summed E-state index contributed by atoms with van der Waals surface area (Å²) >= 11 is 2.95. The van der Waals surface area contributed by atoms with E-state index in [0.29, 0.717) is 11.5 Å². The Kier molecular flexibility index (Phi) is 6.76. The molecule has 11 heteroatoms. The third-order valence-corrected chi connectivity index (χ3v) is 7.85. The Bertz CT molecular complexity index is 1210. The standard InChI is InChI=1S/C19H18N2O6S3/c1-12-10-28-19(20-12)29-11-14-8-16(22)17(9-26-14)27-18(23)13-4-6-15(7-5-13)30(24,25)21(2)3/h4-10H,11H2,1-3H3. The van der Waals surface area contributed by atoms with Crippen LogP contribution in [0.1, 0.15) is 21.8 Å². The average molecular weight is 467 g/mol. The van der Waals surface area contributed by atoms with Crippen molar-refractivity contribution in [1.82, 2.24) is 9.29 Å². The molecule has 2 heterocycles. The van der Waals surface area contributed by atoms with Crippen LogP contribution in [0.25, 0.3) is 0 Å². The van der Waals surface area contributed by atoms with E-state index in [-0.39, 0.29) is 16.2 Å². The van der Waals surface area contributed by atoms with Crippen molar-refractivity contribution in [3.05, 3.63) is 69.2 Å². The van der Waals surface area contributed by atoms with Crippen LogP contribution >= 0.6 is 23.1 Å². The summed E-state index contributed by atoms with van der Waals surface area (Å²) in [6, 6.07) is 6.51. The van der Waals surface area contributed by atoms with Gasteiger partial charge in [0.25, 0.3) is 0 Å². The first-order valence-corrected chi connectivity index (χ1v) is 11.9. The number of benzene rings is 1. The van der Waals surface area contributed by atoms with Crippen molar-refractivity contribution in [2.24, 2.45) is 0 Å². The number of esters is 1. The minimum atomic E-state index is -3.60. The van der Waals surface area contributed by atoms with Crippen molar-refractivity contribution in [2.75, 3.05) is 14.1 Å². The zero-order valence-corrected chi connectivity index (χ0v) is 18.8. The SMILES string of the molecule is Cc1csc(SCc2cc(=O)c(OC(=O)c3ccc(S(=O)(=O)N(C)C)cc3)co2)n1. The molecule has 30 heavy (non-hydrogen) atoms. The van der Waals surface area contributed by atoms with Crippen molar-refractivity contribution in [3.8, 4) is 5.75 Å². The van der Waals surface area contributed by atoms with Crippen molar-refractivity contribution in [1.29, 1.82) is 0 Å². The molecule has 158 valence electrons. The van der Waals surface area contributed by atoms with Crippen LogP contribution in [0.3, 0.4) is 0 Å². The summed E-state index contributed by atoms with van der Waals surface area (Å²) < 4.78 is 36.6. The number of ether oxygens (including phenoxy) is 1. The molecule has 0 saturated carbocycles. The van der Waals surface area contributed by atoms with E-state index in [1.165, 1.54) is 67.5 Å². The molecule has 0 unspecified atom stereocenters. The highest BCUT2D eigenvalue weighted by Gasteiger charge is 2.18. The van der Waals surface area contributed by atoms with E-state index < -0.39 is 21.4 Å². The van der Waals surface area contributed by atoms with Gasteiger partial charge in [-0.15, -0.1) is 11.3 Å². The lowest BCUT2D eigenvalue weighted by Gasteiger charge is -2.11. The van der Waals surface area contributed by atoms with Crippen molar-refractivity contribution < 1.29 is 22.4 Å². The first-order chi connectivity index (χ1) is 14.2. The Morgan fingerprint density at radius 2 is 1.97 bits per heavy atom. The smallest absolute Gasteiger partial charge is 0.343 e. The van der Waals surface area contributed by atoms with Gasteiger partial charge in [0.05, 0.1) is 16.2 Å². The average Bonchev–Trinajstić information content (AvgIpc) is 3.13. The molecule has 0 radical (unpaired) electrons. The molecule has 0 amide bonds. The summed E-state index contributed by atoms with van der Waals surface area (Å²) in [4.78, 5) is 28.9. The molecule has 0 aliphatic heterocycles. The normalized spacial score (nSPS) is 11.6. The summed E-state index contributed by atoms with van der Waals surface area (Å²) in [6.45, 7) is 1.90. The van der Waals surface area contributed by atoms with Gasteiger partial charge >= 0.3 is 5.97 Å². The lowest BCUT2D eigenvalue weighted by Crippen LogP contribution is -2.22. The topological polar surface area (TPSA) is 107 Å². The fourth-order valence-corrected chi connectivity index (χ4v) is 4.89. The predicted molar refractivity (Wildman–Crippen MR) is 114 cm³/mol. The van der Waals surface area contributed by atoms with E-state index in [4.69, 9.17) is 9.15 Å². The zero-order chi connectivity index (χ0) is 21.9. The second-order valence-corrected chi connectivity index (χ2v) is 10.6. The van der Waals surface area contributed by atoms with Gasteiger partial charge in [-0.25, -0.2) is 22.5 Å². The largest absolute Gasteiger partial charge is 0.464 e. The molecule has 0 fully saturated rings. The van der Waals surface area contributed by atoms with Crippen LogP contribution in [0.5, 0.6) is 5.75 Å². The van der Waals surface area contributed by atoms with E-state index in [0.717, 1.165) is 20.6 Å². The molecule has 0 N–H and O–H groups in total. The minimum Gasteiger partial charge on any atom is -0.464 e. The second-order valence-electron chi connectivity index (χ2n) is 6.32. The summed E-state index contributed by atoms with van der Waals surface area (Å²) in [7, 11) is -0.776. The van der Waals surface area contributed by atoms with Crippen molar-refractivity contribution >= 4 is 39.1 Å². The Hall–Kier alpha value is -2.47. The van der Waals surface area contributed by atoms with Gasteiger partial charge < -0.3 is 9.15 Å². The molecule has 8 nitrogen and oxygen atoms in total. The number of hydrogen-bond acceptors (Lipinski definition) is 9. The number of carbonyl (C=O) groups is 1. The van der Waals surface area contributed by atoms with Crippen LogP contribution in [0.15, 0.2) is 60.4 Å². The minimum absolute atomic E-state index is 0.0424. The number of carbonyl (C=O) groups excluding carboxylic acids is 1. The molecule has 0 spiro atoms. The molecule has 3 aromatic rings. The maximum absolute atomic E-state index is 12.3. The van der Waals surface area contributed by atoms with Crippen LogP contribution in [0.4, 0.5) is 0 Å². The van der Waals surface area contributed by atoms with Gasteiger partial charge in [-0.3, -0.25) is 4.79 Å². The number of rotatable bonds is 7. The number of aryl methyl sites for hydroxylation is 1. The number of nitrogens with zero attached hydrogens (tertiary/aromatic N) is 2. The third-order valence-electron chi connectivity index (χ3n) is 3.86. The zero-order valence-electron chi connectivity index (χ0n) is 16.3. The highest BCUT2D eigenvalue weighted by molar-refractivity contribution is 8.00. The molecular weight excluding hydrogens is 448 g/mol. The Labute approximate surface area is 181 Å². The Morgan fingerprint density at radius 3 is 2.53 bits per heavy atom. The molecular formula is C19H18N2O6S3. The lowest BCUT2D eigenvalue weighted by atomic mass is 10.2. The molecule has 0 bridgehead atoms. The van der Waals surface area contributed by atoms with Gasteiger partial charge in [-0.1, -0.05) is 11.8 Å². The van der Waals surface area contributed by atoms with Crippen LogP contribution in [-0.2, 0) is 15.8 Å². The maximum atomic E-state index is 12.3. The lowest BCUT2D eigenvalue weighted by molar-refractivity contribution is 0.0728. The van der Waals surface area contributed by atoms with Gasteiger partial charge in [0, 0.05) is 31.2 Å². The number of thiazole rings is 1. The number of hydrogen-bond donors (Lipinski definition) is 0. The second kappa shape index (κ2) is 9.13. The van der Waals surface area contributed by atoms with Crippen LogP contribution in [0.2, 0.25) is 0 Å². The van der Waals surface area contributed by atoms with Gasteiger partial charge in [0.1, 0.15) is 12.0 Å². The summed E-state index contributed by atoms with van der Waals surface area (Å²) in [5.74, 6) is -0.200. The van der Waals surface area contributed by atoms with Gasteiger partial charge in [0.15, 0.2) is 4.34 Å². The van der Waals surface area contributed by atoms with Crippen LogP contribution in [-0.4, -0.2) is 37.8 Å². The molecule has 0 aliphatic rings. The number of aromatic nitrogens is 1. The Balaban J connectivity index is 1.67. The molecule has 3 rings (SSSR count). The molecule has 2 aromatic heterocycles. The molecule has 0 aliphatic carbocycles. The Morgan fingerprint density at radius 1 is 1.27 bits per heavy atom. The van der Waals surface area contributed by atoms with E-state index in [2.05, 4.69) is 4.98 Å². The maximum Gasteiger partial charge on any atom is 0.343 e. The highest BCUT2D eigenvalue weighted by atomic mass is 32.2. The van der Waals surface area contributed by atoms with Gasteiger partial charge in [-0.2, -0.15) is 0 Å². The summed E-state index contributed by atoms with van der Waals surface area (Å²) in [5.41, 5.74) is 0.539.